The van der Waals surface area contributed by atoms with Crippen LogP contribution in [0.3, 0.4) is 0 Å². The summed E-state index contributed by atoms with van der Waals surface area (Å²) in [6, 6.07) is 19.6. The van der Waals surface area contributed by atoms with Crippen molar-refractivity contribution >= 4 is 51.0 Å². The van der Waals surface area contributed by atoms with Gasteiger partial charge in [-0.1, -0.05) is 81.8 Å². The monoisotopic (exact) mass is 513 g/mol. The summed E-state index contributed by atoms with van der Waals surface area (Å²) in [5, 5.41) is 8.04. The molecule has 0 spiro atoms. The van der Waals surface area contributed by atoms with E-state index in [4.69, 9.17) is 11.6 Å². The van der Waals surface area contributed by atoms with Gasteiger partial charge in [0, 0.05) is 22.4 Å². The summed E-state index contributed by atoms with van der Waals surface area (Å²) >= 11 is 10.9. The quantitative estimate of drug-likeness (QED) is 0.259. The standard InChI is InChI=1S/C22H17BrClN5OS/c23-17-8-6-16(7-9-17)19-10-11-25-22(26-19)31-14-20(30)27-21-18(24)13-29(28-21)12-15-4-2-1-3-5-15/h1-11,13H,12,14H2,(H,27,28,30). The van der Waals surface area contributed by atoms with Crippen molar-refractivity contribution < 1.29 is 4.79 Å². The highest BCUT2D eigenvalue weighted by atomic mass is 79.9. The summed E-state index contributed by atoms with van der Waals surface area (Å²) in [7, 11) is 0. The topological polar surface area (TPSA) is 72.7 Å². The van der Waals surface area contributed by atoms with E-state index in [2.05, 4.69) is 36.3 Å². The molecular formula is C22H17BrClN5OS. The molecule has 0 fully saturated rings. The van der Waals surface area contributed by atoms with Gasteiger partial charge < -0.3 is 5.32 Å². The molecule has 2 heterocycles. The number of amides is 1. The van der Waals surface area contributed by atoms with Gasteiger partial charge >= 0.3 is 0 Å². The highest BCUT2D eigenvalue weighted by Crippen LogP contribution is 2.23. The van der Waals surface area contributed by atoms with Crippen molar-refractivity contribution in [3.05, 3.63) is 88.1 Å². The summed E-state index contributed by atoms with van der Waals surface area (Å²) < 4.78 is 2.70. The van der Waals surface area contributed by atoms with Gasteiger partial charge in [-0.15, -0.1) is 0 Å². The van der Waals surface area contributed by atoms with Crippen molar-refractivity contribution in [1.82, 2.24) is 19.7 Å². The minimum atomic E-state index is -0.227. The Balaban J connectivity index is 1.35. The number of benzene rings is 2. The van der Waals surface area contributed by atoms with Crippen molar-refractivity contribution in [3.63, 3.8) is 0 Å². The van der Waals surface area contributed by atoms with Gasteiger partial charge in [0.1, 0.15) is 5.02 Å². The van der Waals surface area contributed by atoms with Gasteiger partial charge in [0.05, 0.1) is 18.0 Å². The Morgan fingerprint density at radius 3 is 2.65 bits per heavy atom. The van der Waals surface area contributed by atoms with Crippen LogP contribution >= 0.6 is 39.3 Å². The second-order valence-electron chi connectivity index (χ2n) is 6.58. The molecule has 156 valence electrons. The Bertz CT molecular complexity index is 1180. The molecule has 0 aliphatic carbocycles. The Hall–Kier alpha value is -2.68. The molecule has 0 aliphatic heterocycles. The van der Waals surface area contributed by atoms with Crippen molar-refractivity contribution in [1.29, 1.82) is 0 Å². The number of aromatic nitrogens is 4. The molecule has 0 radical (unpaired) electrons. The molecule has 4 aromatic rings. The zero-order chi connectivity index (χ0) is 21.6. The lowest BCUT2D eigenvalue weighted by molar-refractivity contribution is -0.113. The molecule has 0 aliphatic rings. The van der Waals surface area contributed by atoms with E-state index in [0.29, 0.717) is 22.5 Å². The van der Waals surface area contributed by atoms with Gasteiger partial charge in [-0.3, -0.25) is 9.48 Å². The minimum absolute atomic E-state index is 0.145. The van der Waals surface area contributed by atoms with Gasteiger partial charge in [0.15, 0.2) is 11.0 Å². The molecule has 2 aromatic heterocycles. The van der Waals surface area contributed by atoms with Crippen LogP contribution in [0.4, 0.5) is 5.82 Å². The molecule has 9 heteroatoms. The number of nitrogens with zero attached hydrogens (tertiary/aromatic N) is 4. The van der Waals surface area contributed by atoms with Gasteiger partial charge in [0.25, 0.3) is 0 Å². The molecule has 0 unspecified atom stereocenters. The van der Waals surface area contributed by atoms with Gasteiger partial charge in [-0.2, -0.15) is 5.10 Å². The van der Waals surface area contributed by atoms with Crippen LogP contribution < -0.4 is 5.32 Å². The maximum Gasteiger partial charge on any atom is 0.236 e. The number of thioether (sulfide) groups is 1. The number of carbonyl (C=O) groups is 1. The number of anilines is 1. The minimum Gasteiger partial charge on any atom is -0.307 e. The lowest BCUT2D eigenvalue weighted by Gasteiger charge is -2.05. The first-order chi connectivity index (χ1) is 15.1. The fourth-order valence-electron chi connectivity index (χ4n) is 2.82. The fourth-order valence-corrected chi connectivity index (χ4v) is 3.92. The maximum atomic E-state index is 12.4. The second-order valence-corrected chi connectivity index (χ2v) is 8.84. The lowest BCUT2D eigenvalue weighted by atomic mass is 10.1. The summed E-state index contributed by atoms with van der Waals surface area (Å²) in [6.07, 6.45) is 3.38. The normalized spacial score (nSPS) is 10.8. The molecule has 0 bridgehead atoms. The highest BCUT2D eigenvalue weighted by Gasteiger charge is 2.12. The van der Waals surface area contributed by atoms with Crippen molar-refractivity contribution in [3.8, 4) is 11.3 Å². The number of hydrogen-bond acceptors (Lipinski definition) is 5. The van der Waals surface area contributed by atoms with E-state index in [1.807, 2.05) is 60.7 Å². The first-order valence-corrected chi connectivity index (χ1v) is 11.5. The third kappa shape index (κ3) is 5.94. The number of hydrogen-bond donors (Lipinski definition) is 1. The molecule has 6 nitrogen and oxygen atoms in total. The first kappa shape index (κ1) is 21.5. The van der Waals surface area contributed by atoms with E-state index >= 15 is 0 Å². The van der Waals surface area contributed by atoms with Crippen LogP contribution in [-0.4, -0.2) is 31.4 Å². The molecule has 2 aromatic carbocycles. The highest BCUT2D eigenvalue weighted by molar-refractivity contribution is 9.10. The predicted molar refractivity (Wildman–Crippen MR) is 127 cm³/mol. The van der Waals surface area contributed by atoms with E-state index in [-0.39, 0.29) is 11.7 Å². The summed E-state index contributed by atoms with van der Waals surface area (Å²) in [5.74, 6) is 0.258. The molecule has 1 N–H and O–H groups in total. The third-order valence-electron chi connectivity index (χ3n) is 4.27. The van der Waals surface area contributed by atoms with Crippen LogP contribution in [0.1, 0.15) is 5.56 Å². The molecule has 1 amide bonds. The smallest absolute Gasteiger partial charge is 0.236 e. The largest absolute Gasteiger partial charge is 0.307 e. The number of carbonyl (C=O) groups excluding carboxylic acids is 1. The van der Waals surface area contributed by atoms with E-state index in [9.17, 15) is 4.79 Å². The Morgan fingerprint density at radius 2 is 1.87 bits per heavy atom. The Labute approximate surface area is 197 Å². The Kier molecular flexibility index (Phi) is 7.01. The van der Waals surface area contributed by atoms with E-state index in [1.54, 1.807) is 17.1 Å². The summed E-state index contributed by atoms with van der Waals surface area (Å²) in [4.78, 5) is 21.2. The second kappa shape index (κ2) is 10.1. The van der Waals surface area contributed by atoms with Crippen molar-refractivity contribution in [2.75, 3.05) is 11.1 Å². The van der Waals surface area contributed by atoms with Crippen LogP contribution in [0.15, 0.2) is 82.7 Å². The average Bonchev–Trinajstić information content (AvgIpc) is 3.12. The zero-order valence-electron chi connectivity index (χ0n) is 16.2. The van der Waals surface area contributed by atoms with Crippen LogP contribution in [-0.2, 0) is 11.3 Å². The molecule has 0 saturated carbocycles. The summed E-state index contributed by atoms with van der Waals surface area (Å²) in [6.45, 7) is 0.571. The predicted octanol–water partition coefficient (Wildman–Crippen LogP) is 5.54. The van der Waals surface area contributed by atoms with Crippen molar-refractivity contribution in [2.24, 2.45) is 0 Å². The van der Waals surface area contributed by atoms with Crippen LogP contribution in [0.5, 0.6) is 0 Å². The first-order valence-electron chi connectivity index (χ1n) is 9.35. The molecule has 4 rings (SSSR count). The van der Waals surface area contributed by atoms with E-state index in [1.165, 1.54) is 11.8 Å². The SMILES string of the molecule is O=C(CSc1nccc(-c2ccc(Br)cc2)n1)Nc1nn(Cc2ccccc2)cc1Cl. The number of halogens is 2. The van der Waals surface area contributed by atoms with Gasteiger partial charge in [-0.05, 0) is 23.8 Å². The lowest BCUT2D eigenvalue weighted by Crippen LogP contribution is -2.15. The van der Waals surface area contributed by atoms with Crippen LogP contribution in [0.25, 0.3) is 11.3 Å². The molecular weight excluding hydrogens is 498 g/mol. The van der Waals surface area contributed by atoms with Gasteiger partial charge in [0.2, 0.25) is 5.91 Å². The van der Waals surface area contributed by atoms with Crippen LogP contribution in [0.2, 0.25) is 5.02 Å². The molecule has 31 heavy (non-hydrogen) atoms. The Morgan fingerprint density at radius 1 is 1.10 bits per heavy atom. The van der Waals surface area contributed by atoms with Gasteiger partial charge in [-0.25, -0.2) is 9.97 Å². The molecule has 0 saturated heterocycles. The van der Waals surface area contributed by atoms with E-state index < -0.39 is 0 Å². The van der Waals surface area contributed by atoms with E-state index in [0.717, 1.165) is 21.3 Å². The molecule has 0 atom stereocenters. The average molecular weight is 515 g/mol. The van der Waals surface area contributed by atoms with Crippen molar-refractivity contribution in [2.45, 2.75) is 11.7 Å². The number of nitrogens with one attached hydrogen (secondary N) is 1. The number of rotatable bonds is 7. The van der Waals surface area contributed by atoms with Crippen LogP contribution in [0, 0.1) is 0 Å². The summed E-state index contributed by atoms with van der Waals surface area (Å²) in [5.41, 5.74) is 2.87. The maximum absolute atomic E-state index is 12.4. The fraction of sp³-hybridized carbons (Fsp3) is 0.0909. The third-order valence-corrected chi connectivity index (χ3v) is 5.93. The zero-order valence-corrected chi connectivity index (χ0v) is 19.4.